The molecule has 90 valence electrons. The molecule has 2 rings (SSSR count). The largest absolute Gasteiger partial charge is 0.338 e. The fourth-order valence-electron chi connectivity index (χ4n) is 1.28. The molecule has 0 atom stereocenters. The van der Waals surface area contributed by atoms with E-state index in [0.717, 1.165) is 4.47 Å². The predicted octanol–water partition coefficient (Wildman–Crippen LogP) is 4.27. The number of hydrogen-bond donors (Lipinski definition) is 1. The third-order valence-electron chi connectivity index (χ3n) is 2.10. The minimum Gasteiger partial charge on any atom is -0.338 e. The highest BCUT2D eigenvalue weighted by Crippen LogP contribution is 2.30. The molecule has 0 radical (unpaired) electrons. The Morgan fingerprint density at radius 2 is 2.06 bits per heavy atom. The Morgan fingerprint density at radius 1 is 1.28 bits per heavy atom. The normalized spacial score (nSPS) is 9.89. The van der Waals surface area contributed by atoms with Gasteiger partial charge in [-0.25, -0.2) is 9.97 Å². The zero-order chi connectivity index (χ0) is 13.1. The third-order valence-corrected chi connectivity index (χ3v) is 3.86. The first kappa shape index (κ1) is 13.3. The van der Waals surface area contributed by atoms with Crippen LogP contribution in [0.15, 0.2) is 33.5 Å². The van der Waals surface area contributed by atoms with E-state index in [1.54, 1.807) is 12.1 Å². The van der Waals surface area contributed by atoms with Crippen molar-refractivity contribution in [2.24, 2.45) is 0 Å². The van der Waals surface area contributed by atoms with Crippen LogP contribution in [0, 0.1) is 11.3 Å². The van der Waals surface area contributed by atoms with Gasteiger partial charge in [0.15, 0.2) is 0 Å². The summed E-state index contributed by atoms with van der Waals surface area (Å²) >= 11 is 12.5. The second-order valence-electron chi connectivity index (χ2n) is 3.25. The summed E-state index contributed by atoms with van der Waals surface area (Å²) in [7, 11) is 0. The van der Waals surface area contributed by atoms with Crippen LogP contribution < -0.4 is 5.32 Å². The minimum atomic E-state index is 0.308. The van der Waals surface area contributed by atoms with E-state index in [1.807, 2.05) is 6.07 Å². The van der Waals surface area contributed by atoms with Gasteiger partial charge in [0, 0.05) is 4.47 Å². The molecule has 7 heteroatoms. The minimum absolute atomic E-state index is 0.308. The average Bonchev–Trinajstić information content (AvgIpc) is 2.37. The molecule has 1 heterocycles. The van der Waals surface area contributed by atoms with Gasteiger partial charge in [0.2, 0.25) is 0 Å². The zero-order valence-electron chi connectivity index (χ0n) is 8.78. The lowest BCUT2D eigenvalue weighted by molar-refractivity contribution is 1.15. The fourth-order valence-corrected chi connectivity index (χ4v) is 2.08. The lowest BCUT2D eigenvalue weighted by Crippen LogP contribution is -1.98. The monoisotopic (exact) mass is 386 g/mol. The second-order valence-corrected chi connectivity index (χ2v) is 5.32. The van der Waals surface area contributed by atoms with Crippen molar-refractivity contribution in [1.82, 2.24) is 9.97 Å². The van der Waals surface area contributed by atoms with Crippen LogP contribution in [0.2, 0.25) is 5.15 Å². The van der Waals surface area contributed by atoms with Gasteiger partial charge in [-0.1, -0.05) is 27.5 Å². The molecule has 2 aromatic rings. The van der Waals surface area contributed by atoms with Gasteiger partial charge in [-0.2, -0.15) is 5.26 Å². The molecule has 1 N–H and O–H groups in total. The van der Waals surface area contributed by atoms with Gasteiger partial charge >= 0.3 is 0 Å². The van der Waals surface area contributed by atoms with E-state index in [4.69, 9.17) is 16.9 Å². The van der Waals surface area contributed by atoms with Gasteiger partial charge in [0.05, 0.1) is 15.7 Å². The molecule has 0 aliphatic carbocycles. The fraction of sp³-hybridized carbons (Fsp3) is 0. The van der Waals surface area contributed by atoms with Crippen molar-refractivity contribution in [1.29, 1.82) is 5.26 Å². The van der Waals surface area contributed by atoms with Gasteiger partial charge in [-0.3, -0.25) is 0 Å². The number of hydrogen-bond acceptors (Lipinski definition) is 4. The lowest BCUT2D eigenvalue weighted by atomic mass is 10.2. The van der Waals surface area contributed by atoms with Crippen LogP contribution in [0.5, 0.6) is 0 Å². The second kappa shape index (κ2) is 5.65. The standard InChI is InChI=1S/C11H5Br2ClN4/c12-7-1-2-8(6(3-7)4-15)18-11-9(13)10(14)16-5-17-11/h1-3,5H,(H,16,17,18). The summed E-state index contributed by atoms with van der Waals surface area (Å²) in [4.78, 5) is 7.89. The quantitative estimate of drug-likeness (QED) is 0.781. The smallest absolute Gasteiger partial charge is 0.149 e. The molecule has 0 saturated carbocycles. The van der Waals surface area contributed by atoms with Crippen molar-refractivity contribution >= 4 is 55.0 Å². The number of benzene rings is 1. The molecule has 0 spiro atoms. The molecule has 1 aromatic carbocycles. The van der Waals surface area contributed by atoms with E-state index >= 15 is 0 Å². The lowest BCUT2D eigenvalue weighted by Gasteiger charge is -2.09. The first-order valence-electron chi connectivity index (χ1n) is 4.74. The predicted molar refractivity (Wildman–Crippen MR) is 76.9 cm³/mol. The molecule has 0 unspecified atom stereocenters. The summed E-state index contributed by atoms with van der Waals surface area (Å²) in [6.45, 7) is 0. The van der Waals surface area contributed by atoms with Gasteiger partial charge in [-0.15, -0.1) is 0 Å². The molecule has 18 heavy (non-hydrogen) atoms. The van der Waals surface area contributed by atoms with Crippen LogP contribution in [-0.4, -0.2) is 9.97 Å². The third kappa shape index (κ3) is 2.80. The summed E-state index contributed by atoms with van der Waals surface area (Å²) in [6, 6.07) is 7.44. The highest BCUT2D eigenvalue weighted by molar-refractivity contribution is 9.11. The Hall–Kier alpha value is -1.16. The van der Waals surface area contributed by atoms with Crippen LogP contribution in [0.4, 0.5) is 11.5 Å². The van der Waals surface area contributed by atoms with Crippen LogP contribution in [0.3, 0.4) is 0 Å². The number of rotatable bonds is 2. The van der Waals surface area contributed by atoms with E-state index in [9.17, 15) is 0 Å². The van der Waals surface area contributed by atoms with Crippen LogP contribution in [-0.2, 0) is 0 Å². The Balaban J connectivity index is 2.41. The number of halogens is 3. The Morgan fingerprint density at radius 3 is 2.78 bits per heavy atom. The van der Waals surface area contributed by atoms with Gasteiger partial charge in [0.25, 0.3) is 0 Å². The first-order chi connectivity index (χ1) is 8.61. The summed E-state index contributed by atoms with van der Waals surface area (Å²) in [5, 5.41) is 12.4. The van der Waals surface area contributed by atoms with Crippen molar-refractivity contribution in [3.8, 4) is 6.07 Å². The van der Waals surface area contributed by atoms with Crippen molar-refractivity contribution in [2.75, 3.05) is 5.32 Å². The van der Waals surface area contributed by atoms with Crippen LogP contribution in [0.1, 0.15) is 5.56 Å². The van der Waals surface area contributed by atoms with Gasteiger partial charge < -0.3 is 5.32 Å². The first-order valence-corrected chi connectivity index (χ1v) is 6.71. The molecule has 4 nitrogen and oxygen atoms in total. The zero-order valence-corrected chi connectivity index (χ0v) is 12.7. The maximum absolute atomic E-state index is 9.06. The van der Waals surface area contributed by atoms with E-state index in [0.29, 0.717) is 26.7 Å². The summed E-state index contributed by atoms with van der Waals surface area (Å²) in [5.41, 5.74) is 1.15. The Labute approximate surface area is 125 Å². The number of nitriles is 1. The highest BCUT2D eigenvalue weighted by atomic mass is 79.9. The summed E-state index contributed by atoms with van der Waals surface area (Å²) in [6.07, 6.45) is 1.35. The maximum Gasteiger partial charge on any atom is 0.149 e. The number of nitrogens with zero attached hydrogens (tertiary/aromatic N) is 3. The summed E-state index contributed by atoms with van der Waals surface area (Å²) < 4.78 is 1.39. The maximum atomic E-state index is 9.06. The van der Waals surface area contributed by atoms with Crippen molar-refractivity contribution in [3.05, 3.63) is 44.2 Å². The SMILES string of the molecule is N#Cc1cc(Br)ccc1Nc1ncnc(Cl)c1Br. The van der Waals surface area contributed by atoms with Crippen molar-refractivity contribution < 1.29 is 0 Å². The molecule has 0 amide bonds. The Bertz CT molecular complexity index is 639. The molecular formula is C11H5Br2ClN4. The topological polar surface area (TPSA) is 61.6 Å². The van der Waals surface area contributed by atoms with Crippen LogP contribution in [0.25, 0.3) is 0 Å². The molecule has 0 aliphatic rings. The molecular weight excluding hydrogens is 383 g/mol. The number of nitrogens with one attached hydrogen (secondary N) is 1. The molecule has 0 saturated heterocycles. The van der Waals surface area contributed by atoms with Crippen molar-refractivity contribution in [3.63, 3.8) is 0 Å². The molecule has 0 aliphatic heterocycles. The average molecular weight is 388 g/mol. The molecule has 1 aromatic heterocycles. The van der Waals surface area contributed by atoms with E-state index < -0.39 is 0 Å². The molecule has 0 bridgehead atoms. The Kier molecular flexibility index (Phi) is 4.17. The summed E-state index contributed by atoms with van der Waals surface area (Å²) in [5.74, 6) is 0.508. The van der Waals surface area contributed by atoms with Crippen LogP contribution >= 0.6 is 43.5 Å². The van der Waals surface area contributed by atoms with Gasteiger partial charge in [0.1, 0.15) is 23.4 Å². The van der Waals surface area contributed by atoms with E-state index in [1.165, 1.54) is 6.33 Å². The number of anilines is 2. The van der Waals surface area contributed by atoms with Crippen molar-refractivity contribution in [2.45, 2.75) is 0 Å². The molecule has 0 fully saturated rings. The number of aromatic nitrogens is 2. The highest BCUT2D eigenvalue weighted by Gasteiger charge is 2.09. The van der Waals surface area contributed by atoms with E-state index in [2.05, 4.69) is 53.2 Å². The van der Waals surface area contributed by atoms with Gasteiger partial charge in [-0.05, 0) is 34.1 Å². The van der Waals surface area contributed by atoms with E-state index in [-0.39, 0.29) is 0 Å².